The molecule has 0 radical (unpaired) electrons. The molecule has 0 atom stereocenters. The van der Waals surface area contributed by atoms with Crippen molar-refractivity contribution in [3.05, 3.63) is 82.0 Å². The summed E-state index contributed by atoms with van der Waals surface area (Å²) in [7, 11) is 1.58. The number of thiophene rings is 1. The lowest BCUT2D eigenvalue weighted by Crippen LogP contribution is -2.21. The SMILES string of the molecule is COc1cccc(/C=N\NC(=O)c2ccccc2NC(=O)c2cccs2)c1. The number of benzene rings is 2. The highest BCUT2D eigenvalue weighted by Crippen LogP contribution is 2.18. The number of ether oxygens (including phenoxy) is 1. The molecule has 1 heterocycles. The molecule has 2 aromatic carbocycles. The second-order valence-corrected chi connectivity index (χ2v) is 6.40. The Morgan fingerprint density at radius 2 is 1.89 bits per heavy atom. The van der Waals surface area contributed by atoms with Gasteiger partial charge < -0.3 is 10.1 Å². The second-order valence-electron chi connectivity index (χ2n) is 5.45. The third kappa shape index (κ3) is 4.80. The third-order valence-electron chi connectivity index (χ3n) is 3.64. The summed E-state index contributed by atoms with van der Waals surface area (Å²) in [6.07, 6.45) is 1.52. The first-order chi connectivity index (χ1) is 13.2. The molecule has 0 saturated heterocycles. The molecule has 27 heavy (non-hydrogen) atoms. The zero-order chi connectivity index (χ0) is 19.1. The van der Waals surface area contributed by atoms with E-state index in [0.29, 0.717) is 21.9 Å². The highest BCUT2D eigenvalue weighted by Gasteiger charge is 2.14. The van der Waals surface area contributed by atoms with Gasteiger partial charge in [0.25, 0.3) is 11.8 Å². The summed E-state index contributed by atoms with van der Waals surface area (Å²) in [6, 6.07) is 17.6. The standard InChI is InChI=1S/C20H17N3O3S/c1-26-15-7-4-6-14(12-15)13-21-23-19(24)16-8-2-3-9-17(16)22-20(25)18-10-5-11-27-18/h2-13H,1H3,(H,22,25)(H,23,24)/b21-13-. The molecule has 3 rings (SSSR count). The molecule has 0 aliphatic heterocycles. The van der Waals surface area contributed by atoms with Crippen molar-refractivity contribution in [2.24, 2.45) is 5.10 Å². The normalized spacial score (nSPS) is 10.6. The summed E-state index contributed by atoms with van der Waals surface area (Å²) < 4.78 is 5.15. The van der Waals surface area contributed by atoms with E-state index >= 15 is 0 Å². The molecule has 0 aliphatic rings. The minimum atomic E-state index is -0.420. The minimum absolute atomic E-state index is 0.259. The fourth-order valence-electron chi connectivity index (χ4n) is 2.33. The van der Waals surface area contributed by atoms with Crippen LogP contribution in [-0.2, 0) is 0 Å². The Kier molecular flexibility index (Phi) is 5.96. The van der Waals surface area contributed by atoms with Crippen LogP contribution in [0.2, 0.25) is 0 Å². The molecule has 2 N–H and O–H groups in total. The Morgan fingerprint density at radius 1 is 1.04 bits per heavy atom. The molecule has 0 fully saturated rings. The maximum atomic E-state index is 12.4. The Bertz CT molecular complexity index is 968. The maximum absolute atomic E-state index is 12.4. The lowest BCUT2D eigenvalue weighted by Gasteiger charge is -2.09. The largest absolute Gasteiger partial charge is 0.497 e. The Hall–Kier alpha value is -3.45. The summed E-state index contributed by atoms with van der Waals surface area (Å²) in [5.41, 5.74) is 4.01. The average Bonchev–Trinajstić information content (AvgIpc) is 3.23. The van der Waals surface area contributed by atoms with Crippen LogP contribution in [0.1, 0.15) is 25.6 Å². The smallest absolute Gasteiger partial charge is 0.273 e. The number of nitrogens with zero attached hydrogens (tertiary/aromatic N) is 1. The number of carbonyl (C=O) groups excluding carboxylic acids is 2. The van der Waals surface area contributed by atoms with Gasteiger partial charge in [-0.25, -0.2) is 5.43 Å². The number of hydrogen-bond donors (Lipinski definition) is 2. The van der Waals surface area contributed by atoms with Gasteiger partial charge in [-0.2, -0.15) is 5.10 Å². The fourth-order valence-corrected chi connectivity index (χ4v) is 2.95. The molecule has 2 amide bonds. The number of hydrogen-bond acceptors (Lipinski definition) is 5. The van der Waals surface area contributed by atoms with Gasteiger partial charge in [-0.3, -0.25) is 9.59 Å². The summed E-state index contributed by atoms with van der Waals surface area (Å²) in [4.78, 5) is 25.3. The average molecular weight is 379 g/mol. The third-order valence-corrected chi connectivity index (χ3v) is 4.51. The summed E-state index contributed by atoms with van der Waals surface area (Å²) in [6.45, 7) is 0. The van der Waals surface area contributed by atoms with Crippen LogP contribution in [0.15, 0.2) is 71.1 Å². The summed E-state index contributed by atoms with van der Waals surface area (Å²) >= 11 is 1.33. The van der Waals surface area contributed by atoms with Gasteiger partial charge in [0.1, 0.15) is 5.75 Å². The number of para-hydroxylation sites is 1. The Labute approximate surface area is 160 Å². The topological polar surface area (TPSA) is 79.8 Å². The summed E-state index contributed by atoms with van der Waals surface area (Å²) in [5, 5.41) is 8.55. The zero-order valence-electron chi connectivity index (χ0n) is 14.5. The quantitative estimate of drug-likeness (QED) is 0.505. The van der Waals surface area contributed by atoms with Gasteiger partial charge in [-0.15, -0.1) is 11.3 Å². The fraction of sp³-hybridized carbons (Fsp3) is 0.0500. The molecule has 3 aromatic rings. The number of carbonyl (C=O) groups is 2. The number of hydrazone groups is 1. The van der Waals surface area contributed by atoms with E-state index in [9.17, 15) is 9.59 Å². The molecule has 0 spiro atoms. The molecule has 0 saturated carbocycles. The van der Waals surface area contributed by atoms with Gasteiger partial charge in [0.15, 0.2) is 0 Å². The van der Waals surface area contributed by atoms with Crippen molar-refractivity contribution in [2.45, 2.75) is 0 Å². The van der Waals surface area contributed by atoms with Crippen LogP contribution in [0.5, 0.6) is 5.75 Å². The highest BCUT2D eigenvalue weighted by atomic mass is 32.1. The van der Waals surface area contributed by atoms with E-state index in [1.807, 2.05) is 23.6 Å². The van der Waals surface area contributed by atoms with Gasteiger partial charge in [0, 0.05) is 0 Å². The van der Waals surface area contributed by atoms with Crippen LogP contribution in [0.3, 0.4) is 0 Å². The van der Waals surface area contributed by atoms with Crippen LogP contribution in [-0.4, -0.2) is 25.1 Å². The second kappa shape index (κ2) is 8.77. The van der Waals surface area contributed by atoms with Crippen molar-refractivity contribution in [3.8, 4) is 5.75 Å². The predicted octanol–water partition coefficient (Wildman–Crippen LogP) is 3.77. The number of amides is 2. The first-order valence-electron chi connectivity index (χ1n) is 8.08. The first kappa shape index (κ1) is 18.3. The van der Waals surface area contributed by atoms with E-state index in [-0.39, 0.29) is 5.91 Å². The first-order valence-corrected chi connectivity index (χ1v) is 8.96. The molecule has 0 aliphatic carbocycles. The minimum Gasteiger partial charge on any atom is -0.497 e. The van der Waals surface area contributed by atoms with Crippen LogP contribution < -0.4 is 15.5 Å². The van der Waals surface area contributed by atoms with Gasteiger partial charge in [0.2, 0.25) is 0 Å². The maximum Gasteiger partial charge on any atom is 0.273 e. The van der Waals surface area contributed by atoms with Crippen molar-refractivity contribution < 1.29 is 14.3 Å². The Balaban J connectivity index is 1.69. The Morgan fingerprint density at radius 3 is 2.67 bits per heavy atom. The van der Waals surface area contributed by atoms with E-state index < -0.39 is 5.91 Å². The summed E-state index contributed by atoms with van der Waals surface area (Å²) in [5.74, 6) is 0.0215. The molecular formula is C20H17N3O3S. The van der Waals surface area contributed by atoms with Crippen molar-refractivity contribution in [3.63, 3.8) is 0 Å². The van der Waals surface area contributed by atoms with Crippen molar-refractivity contribution in [1.29, 1.82) is 0 Å². The van der Waals surface area contributed by atoms with Gasteiger partial charge >= 0.3 is 0 Å². The van der Waals surface area contributed by atoms with E-state index in [1.54, 1.807) is 49.6 Å². The molecule has 0 bridgehead atoms. The van der Waals surface area contributed by atoms with Crippen LogP contribution >= 0.6 is 11.3 Å². The number of rotatable bonds is 6. The van der Waals surface area contributed by atoms with E-state index in [0.717, 1.165) is 5.56 Å². The number of methoxy groups -OCH3 is 1. The van der Waals surface area contributed by atoms with Crippen LogP contribution in [0.25, 0.3) is 0 Å². The molecule has 6 nitrogen and oxygen atoms in total. The lowest BCUT2D eigenvalue weighted by atomic mass is 10.1. The highest BCUT2D eigenvalue weighted by molar-refractivity contribution is 7.12. The van der Waals surface area contributed by atoms with Crippen LogP contribution in [0, 0.1) is 0 Å². The van der Waals surface area contributed by atoms with E-state index in [2.05, 4.69) is 15.8 Å². The van der Waals surface area contributed by atoms with Gasteiger partial charge in [-0.1, -0.05) is 30.3 Å². The van der Waals surface area contributed by atoms with Crippen molar-refractivity contribution in [2.75, 3.05) is 12.4 Å². The van der Waals surface area contributed by atoms with Crippen molar-refractivity contribution in [1.82, 2.24) is 5.43 Å². The molecule has 136 valence electrons. The lowest BCUT2D eigenvalue weighted by molar-refractivity contribution is 0.0956. The number of nitrogens with one attached hydrogen (secondary N) is 2. The molecule has 1 aromatic heterocycles. The van der Waals surface area contributed by atoms with E-state index in [1.165, 1.54) is 17.6 Å². The monoisotopic (exact) mass is 379 g/mol. The van der Waals surface area contributed by atoms with Crippen LogP contribution in [0.4, 0.5) is 5.69 Å². The van der Waals surface area contributed by atoms with Crippen molar-refractivity contribution >= 4 is 35.1 Å². The van der Waals surface area contributed by atoms with E-state index in [4.69, 9.17) is 4.74 Å². The zero-order valence-corrected chi connectivity index (χ0v) is 15.3. The predicted molar refractivity (Wildman–Crippen MR) is 107 cm³/mol. The van der Waals surface area contributed by atoms with Gasteiger partial charge in [0.05, 0.1) is 29.5 Å². The number of anilines is 1. The van der Waals surface area contributed by atoms with Gasteiger partial charge in [-0.05, 0) is 41.3 Å². The molecular weight excluding hydrogens is 362 g/mol. The molecule has 0 unspecified atom stereocenters. The molecule has 7 heteroatoms.